The first-order chi connectivity index (χ1) is 11.2. The van der Waals surface area contributed by atoms with Gasteiger partial charge in [0.15, 0.2) is 0 Å². The Morgan fingerprint density at radius 3 is 2.62 bits per heavy atom. The zero-order valence-corrected chi connectivity index (χ0v) is 12.6. The molecule has 1 aromatic carbocycles. The van der Waals surface area contributed by atoms with E-state index in [9.17, 15) is 22.8 Å². The van der Waals surface area contributed by atoms with Gasteiger partial charge in [-0.25, -0.2) is 13.2 Å². The van der Waals surface area contributed by atoms with Gasteiger partial charge in [-0.15, -0.1) is 0 Å². The highest BCUT2D eigenvalue weighted by Crippen LogP contribution is 2.36. The standard InChI is InChI=1S/C16H15F3N3O2/c17-13-10(14(21)24)3-1-4-11(13)16(18,19)6-2-5-12(23)22-15(9-20)7-8-15/h1,3-5H,2,6-8H2,(H2,21,24)(H,22,23). The summed E-state index contributed by atoms with van der Waals surface area (Å²) in [4.78, 5) is 22.6. The molecule has 1 saturated carbocycles. The average Bonchev–Trinajstić information content (AvgIpc) is 3.26. The number of alkyl halides is 2. The molecule has 2 amide bonds. The van der Waals surface area contributed by atoms with Gasteiger partial charge in [-0.05, 0) is 25.3 Å². The van der Waals surface area contributed by atoms with Crippen molar-refractivity contribution in [2.75, 3.05) is 0 Å². The quantitative estimate of drug-likeness (QED) is 0.797. The number of nitrogens with two attached hydrogens (primary N) is 1. The van der Waals surface area contributed by atoms with Crippen molar-refractivity contribution in [3.8, 4) is 6.07 Å². The van der Waals surface area contributed by atoms with E-state index in [-0.39, 0.29) is 6.42 Å². The number of primary amides is 1. The molecule has 0 heterocycles. The van der Waals surface area contributed by atoms with E-state index in [1.54, 1.807) is 0 Å². The number of carbonyl (C=O) groups is 2. The third-order valence-electron chi connectivity index (χ3n) is 3.77. The summed E-state index contributed by atoms with van der Waals surface area (Å²) in [5.41, 5.74) is 2.50. The first kappa shape index (κ1) is 17.8. The molecule has 0 aliphatic heterocycles. The van der Waals surface area contributed by atoms with Crippen molar-refractivity contribution in [1.29, 1.82) is 5.26 Å². The van der Waals surface area contributed by atoms with Crippen molar-refractivity contribution in [2.45, 2.75) is 37.1 Å². The van der Waals surface area contributed by atoms with E-state index in [4.69, 9.17) is 11.0 Å². The Balaban J connectivity index is 1.97. The summed E-state index contributed by atoms with van der Waals surface area (Å²) in [6.45, 7) is 0. The fourth-order valence-electron chi connectivity index (χ4n) is 2.20. The van der Waals surface area contributed by atoms with Crippen molar-refractivity contribution < 1.29 is 22.8 Å². The summed E-state index contributed by atoms with van der Waals surface area (Å²) in [7, 11) is 0. The first-order valence-electron chi connectivity index (χ1n) is 7.24. The summed E-state index contributed by atoms with van der Waals surface area (Å²) in [6.07, 6.45) is 0.926. The van der Waals surface area contributed by atoms with Gasteiger partial charge in [0.1, 0.15) is 11.4 Å². The van der Waals surface area contributed by atoms with Crippen LogP contribution in [0.15, 0.2) is 18.2 Å². The number of benzene rings is 1. The number of rotatable bonds is 7. The molecule has 1 radical (unpaired) electrons. The molecule has 5 nitrogen and oxygen atoms in total. The normalized spacial score (nSPS) is 15.4. The van der Waals surface area contributed by atoms with Crippen LogP contribution in [0.5, 0.6) is 0 Å². The smallest absolute Gasteiger partial charge is 0.276 e. The lowest BCUT2D eigenvalue weighted by Gasteiger charge is -2.18. The lowest BCUT2D eigenvalue weighted by Crippen LogP contribution is -2.35. The summed E-state index contributed by atoms with van der Waals surface area (Å²) in [5.74, 6) is -6.68. The second kappa shape index (κ2) is 6.51. The van der Waals surface area contributed by atoms with Gasteiger partial charge in [-0.3, -0.25) is 9.59 Å². The lowest BCUT2D eigenvalue weighted by molar-refractivity contribution is -0.118. The fourth-order valence-corrected chi connectivity index (χ4v) is 2.20. The number of carbonyl (C=O) groups excluding carboxylic acids is 2. The molecular weight excluding hydrogens is 323 g/mol. The number of nitrogens with zero attached hydrogens (tertiary/aromatic N) is 1. The molecule has 0 bridgehead atoms. The van der Waals surface area contributed by atoms with Crippen LogP contribution < -0.4 is 11.1 Å². The van der Waals surface area contributed by atoms with Crippen molar-refractivity contribution in [3.05, 3.63) is 41.6 Å². The minimum absolute atomic E-state index is 0.319. The minimum atomic E-state index is -3.57. The average molecular weight is 338 g/mol. The molecule has 1 aliphatic carbocycles. The first-order valence-corrected chi connectivity index (χ1v) is 7.24. The maximum atomic E-state index is 14.1. The molecule has 24 heavy (non-hydrogen) atoms. The molecule has 0 aromatic heterocycles. The molecule has 1 aromatic rings. The highest BCUT2D eigenvalue weighted by Gasteiger charge is 2.44. The maximum absolute atomic E-state index is 14.1. The molecule has 2 rings (SSSR count). The van der Waals surface area contributed by atoms with Crippen LogP contribution in [0.2, 0.25) is 0 Å². The Labute approximate surface area is 136 Å². The van der Waals surface area contributed by atoms with Crippen LogP contribution >= 0.6 is 0 Å². The SMILES string of the molecule is N#CC1(NC(=O)[CH]CCC(F)(F)c2cccc(C(N)=O)c2F)CC1. The van der Waals surface area contributed by atoms with Crippen molar-refractivity contribution >= 4 is 11.8 Å². The third kappa shape index (κ3) is 3.85. The van der Waals surface area contributed by atoms with Crippen LogP contribution in [0.25, 0.3) is 0 Å². The van der Waals surface area contributed by atoms with Crippen LogP contribution in [0.4, 0.5) is 13.2 Å². The molecule has 8 heteroatoms. The van der Waals surface area contributed by atoms with Crippen molar-refractivity contribution in [3.63, 3.8) is 0 Å². The molecule has 0 unspecified atom stereocenters. The Bertz CT molecular complexity index is 709. The van der Waals surface area contributed by atoms with E-state index in [1.807, 2.05) is 6.07 Å². The van der Waals surface area contributed by atoms with E-state index in [0.717, 1.165) is 24.6 Å². The van der Waals surface area contributed by atoms with Gasteiger partial charge >= 0.3 is 0 Å². The fraction of sp³-hybridized carbons (Fsp3) is 0.375. The summed E-state index contributed by atoms with van der Waals surface area (Å²) >= 11 is 0. The van der Waals surface area contributed by atoms with E-state index >= 15 is 0 Å². The van der Waals surface area contributed by atoms with Crippen LogP contribution in [-0.4, -0.2) is 17.4 Å². The number of nitriles is 1. The Kier molecular flexibility index (Phi) is 4.83. The predicted octanol–water partition coefficient (Wildman–Crippen LogP) is 2.17. The van der Waals surface area contributed by atoms with Gasteiger partial charge in [0.2, 0.25) is 5.91 Å². The van der Waals surface area contributed by atoms with Gasteiger partial charge in [0.25, 0.3) is 11.8 Å². The number of nitrogens with one attached hydrogen (secondary N) is 1. The summed E-state index contributed by atoms with van der Waals surface area (Å²) in [5, 5.41) is 11.3. The van der Waals surface area contributed by atoms with E-state index in [0.29, 0.717) is 12.8 Å². The van der Waals surface area contributed by atoms with Crippen LogP contribution in [0, 0.1) is 23.6 Å². The second-order valence-electron chi connectivity index (χ2n) is 5.66. The lowest BCUT2D eigenvalue weighted by atomic mass is 9.99. The number of halogens is 3. The molecule has 0 spiro atoms. The zero-order valence-electron chi connectivity index (χ0n) is 12.6. The number of hydrogen-bond donors (Lipinski definition) is 2. The monoisotopic (exact) mass is 338 g/mol. The van der Waals surface area contributed by atoms with Gasteiger partial charge < -0.3 is 11.1 Å². The molecular formula is C16H15F3N3O2. The van der Waals surface area contributed by atoms with Crippen LogP contribution in [0.1, 0.15) is 41.6 Å². The molecule has 0 atom stereocenters. The highest BCUT2D eigenvalue weighted by molar-refractivity contribution is 5.93. The Morgan fingerprint density at radius 2 is 2.08 bits per heavy atom. The van der Waals surface area contributed by atoms with Crippen LogP contribution in [0.3, 0.4) is 0 Å². The third-order valence-corrected chi connectivity index (χ3v) is 3.77. The topological polar surface area (TPSA) is 96.0 Å². The number of amides is 2. The van der Waals surface area contributed by atoms with Gasteiger partial charge in [0, 0.05) is 12.8 Å². The van der Waals surface area contributed by atoms with Gasteiger partial charge in [-0.1, -0.05) is 12.1 Å². The summed E-state index contributed by atoms with van der Waals surface area (Å²) in [6, 6.07) is 4.96. The van der Waals surface area contributed by atoms with Gasteiger partial charge in [-0.2, -0.15) is 5.26 Å². The van der Waals surface area contributed by atoms with E-state index in [2.05, 4.69) is 5.32 Å². The predicted molar refractivity (Wildman–Crippen MR) is 78.1 cm³/mol. The van der Waals surface area contributed by atoms with E-state index in [1.165, 1.54) is 0 Å². The largest absolute Gasteiger partial charge is 0.366 e. The van der Waals surface area contributed by atoms with E-state index < -0.39 is 46.6 Å². The summed E-state index contributed by atoms with van der Waals surface area (Å²) < 4.78 is 42.2. The molecule has 127 valence electrons. The Hall–Kier alpha value is -2.56. The minimum Gasteiger partial charge on any atom is -0.366 e. The molecule has 0 saturated heterocycles. The van der Waals surface area contributed by atoms with Crippen molar-refractivity contribution in [1.82, 2.24) is 5.32 Å². The molecule has 1 fully saturated rings. The molecule has 3 N–H and O–H groups in total. The van der Waals surface area contributed by atoms with Gasteiger partial charge in [0.05, 0.1) is 17.2 Å². The Morgan fingerprint density at radius 1 is 1.42 bits per heavy atom. The van der Waals surface area contributed by atoms with Crippen LogP contribution in [-0.2, 0) is 10.7 Å². The maximum Gasteiger partial charge on any atom is 0.276 e. The second-order valence-corrected chi connectivity index (χ2v) is 5.66. The van der Waals surface area contributed by atoms with Crippen molar-refractivity contribution in [2.24, 2.45) is 5.73 Å². The highest BCUT2D eigenvalue weighted by atomic mass is 19.3. The zero-order chi connectivity index (χ0) is 18.0. The molecule has 1 aliphatic rings. The number of hydrogen-bond acceptors (Lipinski definition) is 3.